The largest absolute Gasteiger partial charge is 0.493 e. The van der Waals surface area contributed by atoms with Crippen LogP contribution in [0.3, 0.4) is 0 Å². The number of aliphatic hydroxyl groups excluding tert-OH is 6. The van der Waals surface area contributed by atoms with Gasteiger partial charge >= 0.3 is 0 Å². The normalized spacial score (nSPS) is 47.1. The summed E-state index contributed by atoms with van der Waals surface area (Å²) >= 11 is 0. The topological polar surface area (TPSA) is 149 Å². The van der Waals surface area contributed by atoms with E-state index in [1.165, 1.54) is 12.3 Å². The maximum absolute atomic E-state index is 9.85. The molecule has 6 N–H and O–H groups in total. The minimum Gasteiger partial charge on any atom is -0.493 e. The van der Waals surface area contributed by atoms with E-state index in [2.05, 4.69) is 0 Å². The Morgan fingerprint density at radius 2 is 1.57 bits per heavy atom. The second-order valence-corrected chi connectivity index (χ2v) is 4.97. The van der Waals surface area contributed by atoms with Crippen LogP contribution >= 0.6 is 0 Å². The van der Waals surface area contributed by atoms with Crippen molar-refractivity contribution in [2.75, 3.05) is 13.2 Å². The lowest BCUT2D eigenvalue weighted by Crippen LogP contribution is -2.61. The van der Waals surface area contributed by atoms with Crippen LogP contribution in [0.5, 0.6) is 0 Å². The Morgan fingerprint density at radius 1 is 0.905 bits per heavy atom. The zero-order valence-electron chi connectivity index (χ0n) is 11.1. The Hall–Kier alpha value is -0.780. The minimum atomic E-state index is -1.58. The third kappa shape index (κ3) is 3.35. The zero-order chi connectivity index (χ0) is 15.6. The van der Waals surface area contributed by atoms with E-state index in [0.29, 0.717) is 0 Å². The Labute approximate surface area is 120 Å². The molecule has 1 fully saturated rings. The van der Waals surface area contributed by atoms with Crippen molar-refractivity contribution in [3.63, 3.8) is 0 Å². The first-order valence-electron chi connectivity index (χ1n) is 6.56. The highest BCUT2D eigenvalue weighted by atomic mass is 16.7. The molecular weight excluding hydrogens is 288 g/mol. The fourth-order valence-electron chi connectivity index (χ4n) is 2.28. The molecule has 2 heterocycles. The molecule has 0 saturated carbocycles. The smallest absolute Gasteiger partial charge is 0.187 e. The van der Waals surface area contributed by atoms with E-state index in [-0.39, 0.29) is 0 Å². The standard InChI is InChI=1S/C12H20O9/c13-3-6-8(16)9(17)10(18)12(20-6)21-11-5(15)1-2-19-7(11)4-14/h1-2,5-18H,3-4H2/t5-,6+,7+,8-,9-,10+,11-,12-/m0/s1. The second kappa shape index (κ2) is 6.99. The molecule has 0 unspecified atom stereocenters. The quantitative estimate of drug-likeness (QED) is 0.310. The maximum atomic E-state index is 9.85. The van der Waals surface area contributed by atoms with E-state index >= 15 is 0 Å². The number of rotatable bonds is 4. The van der Waals surface area contributed by atoms with Gasteiger partial charge in [0.1, 0.15) is 42.7 Å². The molecule has 0 amide bonds. The third-order valence-electron chi connectivity index (χ3n) is 3.55. The monoisotopic (exact) mass is 308 g/mol. The van der Waals surface area contributed by atoms with Crippen molar-refractivity contribution in [2.24, 2.45) is 0 Å². The third-order valence-corrected chi connectivity index (χ3v) is 3.55. The lowest BCUT2D eigenvalue weighted by Gasteiger charge is -2.42. The van der Waals surface area contributed by atoms with Gasteiger partial charge in [0.15, 0.2) is 6.29 Å². The van der Waals surface area contributed by atoms with Crippen LogP contribution in [0, 0.1) is 0 Å². The average molecular weight is 308 g/mol. The van der Waals surface area contributed by atoms with Crippen molar-refractivity contribution in [2.45, 2.75) is 49.0 Å². The van der Waals surface area contributed by atoms with Crippen LogP contribution < -0.4 is 0 Å². The van der Waals surface area contributed by atoms with Crippen molar-refractivity contribution < 1.29 is 44.8 Å². The summed E-state index contributed by atoms with van der Waals surface area (Å²) in [7, 11) is 0. The van der Waals surface area contributed by atoms with Crippen LogP contribution in [0.2, 0.25) is 0 Å². The molecule has 0 aliphatic carbocycles. The molecule has 0 radical (unpaired) electrons. The van der Waals surface area contributed by atoms with Crippen LogP contribution in [0.25, 0.3) is 0 Å². The summed E-state index contributed by atoms with van der Waals surface area (Å²) in [6.45, 7) is -1.03. The summed E-state index contributed by atoms with van der Waals surface area (Å²) in [5.41, 5.74) is 0. The molecule has 9 nitrogen and oxygen atoms in total. The van der Waals surface area contributed by atoms with Gasteiger partial charge in [-0.15, -0.1) is 0 Å². The lowest BCUT2D eigenvalue weighted by atomic mass is 9.99. The Kier molecular flexibility index (Phi) is 5.52. The molecule has 0 aromatic heterocycles. The highest BCUT2D eigenvalue weighted by molar-refractivity contribution is 4.99. The van der Waals surface area contributed by atoms with Gasteiger partial charge in [-0.05, 0) is 6.08 Å². The molecule has 2 aliphatic rings. The molecule has 0 spiro atoms. The fraction of sp³-hybridized carbons (Fsp3) is 0.833. The predicted octanol–water partition coefficient (Wildman–Crippen LogP) is -3.56. The molecule has 8 atom stereocenters. The highest BCUT2D eigenvalue weighted by Crippen LogP contribution is 2.26. The SMILES string of the molecule is OC[C@H]1O[C@@H](O[C@H]2[C@@H](O)C=CO[C@@H]2CO)[C@H](O)[C@@H](O)[C@H]1O. The maximum Gasteiger partial charge on any atom is 0.187 e. The fourth-order valence-corrected chi connectivity index (χ4v) is 2.28. The van der Waals surface area contributed by atoms with Gasteiger partial charge in [-0.2, -0.15) is 0 Å². The molecule has 0 aromatic rings. The number of ether oxygens (including phenoxy) is 3. The van der Waals surface area contributed by atoms with Gasteiger partial charge in [0.25, 0.3) is 0 Å². The predicted molar refractivity (Wildman–Crippen MR) is 65.7 cm³/mol. The van der Waals surface area contributed by atoms with E-state index in [4.69, 9.17) is 19.3 Å². The summed E-state index contributed by atoms with van der Waals surface area (Å²) < 4.78 is 15.6. The van der Waals surface area contributed by atoms with Gasteiger partial charge in [0.2, 0.25) is 0 Å². The van der Waals surface area contributed by atoms with E-state index in [1.807, 2.05) is 0 Å². The second-order valence-electron chi connectivity index (χ2n) is 4.97. The van der Waals surface area contributed by atoms with Gasteiger partial charge in [-0.3, -0.25) is 0 Å². The molecule has 9 heteroatoms. The van der Waals surface area contributed by atoms with Crippen LogP contribution in [0.15, 0.2) is 12.3 Å². The van der Waals surface area contributed by atoms with E-state index < -0.39 is 62.2 Å². The first kappa shape index (κ1) is 16.6. The van der Waals surface area contributed by atoms with Crippen molar-refractivity contribution >= 4 is 0 Å². The summed E-state index contributed by atoms with van der Waals surface area (Å²) in [5.74, 6) is 0. The van der Waals surface area contributed by atoms with E-state index in [9.17, 15) is 25.5 Å². The Balaban J connectivity index is 2.08. The summed E-state index contributed by atoms with van der Waals surface area (Å²) in [5, 5.41) is 57.3. The lowest BCUT2D eigenvalue weighted by molar-refractivity contribution is -0.324. The van der Waals surface area contributed by atoms with Crippen LogP contribution in [-0.4, -0.2) is 92.9 Å². The minimum absolute atomic E-state index is 0.441. The van der Waals surface area contributed by atoms with Crippen LogP contribution in [0.4, 0.5) is 0 Å². The summed E-state index contributed by atoms with van der Waals surface area (Å²) in [4.78, 5) is 0. The average Bonchev–Trinajstić information content (AvgIpc) is 2.49. The van der Waals surface area contributed by atoms with Gasteiger partial charge in [0.05, 0.1) is 19.5 Å². The summed E-state index contributed by atoms with van der Waals surface area (Å²) in [6, 6.07) is 0. The van der Waals surface area contributed by atoms with Gasteiger partial charge in [0, 0.05) is 0 Å². The molecule has 2 rings (SSSR count). The molecule has 0 bridgehead atoms. The number of aliphatic hydroxyl groups is 6. The summed E-state index contributed by atoms with van der Waals surface area (Å²) in [6.07, 6.45) is -7.68. The molecule has 122 valence electrons. The number of hydrogen-bond acceptors (Lipinski definition) is 9. The first-order chi connectivity index (χ1) is 9.99. The highest BCUT2D eigenvalue weighted by Gasteiger charge is 2.46. The van der Waals surface area contributed by atoms with Crippen molar-refractivity contribution in [1.29, 1.82) is 0 Å². The van der Waals surface area contributed by atoms with Gasteiger partial charge in [-0.25, -0.2) is 0 Å². The van der Waals surface area contributed by atoms with Crippen molar-refractivity contribution in [1.82, 2.24) is 0 Å². The molecule has 2 aliphatic heterocycles. The molecule has 21 heavy (non-hydrogen) atoms. The number of hydrogen-bond donors (Lipinski definition) is 6. The van der Waals surface area contributed by atoms with Crippen molar-refractivity contribution in [3.8, 4) is 0 Å². The van der Waals surface area contributed by atoms with Gasteiger partial charge in [-0.1, -0.05) is 0 Å². The zero-order valence-corrected chi connectivity index (χ0v) is 11.1. The molecular formula is C12H20O9. The van der Waals surface area contributed by atoms with E-state index in [1.54, 1.807) is 0 Å². The molecule has 0 aromatic carbocycles. The Bertz CT molecular complexity index is 361. The van der Waals surface area contributed by atoms with Crippen LogP contribution in [-0.2, 0) is 14.2 Å². The van der Waals surface area contributed by atoms with Crippen LogP contribution in [0.1, 0.15) is 0 Å². The van der Waals surface area contributed by atoms with E-state index in [0.717, 1.165) is 0 Å². The van der Waals surface area contributed by atoms with Gasteiger partial charge < -0.3 is 44.8 Å². The Morgan fingerprint density at radius 3 is 2.19 bits per heavy atom. The molecule has 1 saturated heterocycles. The first-order valence-corrected chi connectivity index (χ1v) is 6.56. The van der Waals surface area contributed by atoms with Crippen molar-refractivity contribution in [3.05, 3.63) is 12.3 Å².